The molecule has 1 heterocycles. The quantitative estimate of drug-likeness (QED) is 0.183. The number of fused-ring (bicyclic) bond motifs is 1. The van der Waals surface area contributed by atoms with Crippen LogP contribution in [0.2, 0.25) is 0 Å². The van der Waals surface area contributed by atoms with Gasteiger partial charge in [0.1, 0.15) is 25.8 Å². The molecule has 5 rings (SSSR count). The highest BCUT2D eigenvalue weighted by Crippen LogP contribution is 2.36. The van der Waals surface area contributed by atoms with Crippen molar-refractivity contribution in [2.75, 3.05) is 24.1 Å². The van der Waals surface area contributed by atoms with Gasteiger partial charge in [-0.2, -0.15) is 0 Å². The Morgan fingerprint density at radius 2 is 1.49 bits per heavy atom. The number of benzene rings is 4. The van der Waals surface area contributed by atoms with E-state index in [1.54, 1.807) is 36.4 Å². The summed E-state index contributed by atoms with van der Waals surface area (Å²) in [6, 6.07) is 28.7. The van der Waals surface area contributed by atoms with Crippen molar-refractivity contribution in [2.24, 2.45) is 0 Å². The predicted molar refractivity (Wildman–Crippen MR) is 185 cm³/mol. The number of rotatable bonds is 13. The lowest BCUT2D eigenvalue weighted by Crippen LogP contribution is -2.54. The van der Waals surface area contributed by atoms with Crippen molar-refractivity contribution in [3.63, 3.8) is 0 Å². The van der Waals surface area contributed by atoms with E-state index >= 15 is 0 Å². The van der Waals surface area contributed by atoms with Crippen molar-refractivity contribution in [2.45, 2.75) is 50.2 Å². The molecule has 0 fully saturated rings. The largest absolute Gasteiger partial charge is 0.486 e. The second kappa shape index (κ2) is 15.5. The van der Waals surface area contributed by atoms with E-state index in [-0.39, 0.29) is 35.5 Å². The molecule has 4 aromatic rings. The average molecular weight is 721 g/mol. The fourth-order valence-corrected chi connectivity index (χ4v) is 6.91. The number of carbonyl (C=O) groups is 2. The van der Waals surface area contributed by atoms with Crippen LogP contribution in [0.3, 0.4) is 0 Å². The molecule has 0 spiro atoms. The van der Waals surface area contributed by atoms with Crippen LogP contribution in [0.25, 0.3) is 0 Å². The molecule has 0 bridgehead atoms. The number of amides is 2. The highest BCUT2D eigenvalue weighted by Gasteiger charge is 2.35. The first-order chi connectivity index (χ1) is 22.7. The summed E-state index contributed by atoms with van der Waals surface area (Å²) in [7, 11) is -4.23. The van der Waals surface area contributed by atoms with Gasteiger partial charge in [-0.3, -0.25) is 13.9 Å². The summed E-state index contributed by atoms with van der Waals surface area (Å²) in [5.41, 5.74) is 1.89. The van der Waals surface area contributed by atoms with Crippen LogP contribution < -0.4 is 19.1 Å². The predicted octanol–water partition coefficient (Wildman–Crippen LogP) is 5.97. The van der Waals surface area contributed by atoms with Crippen molar-refractivity contribution in [3.8, 4) is 11.5 Å². The van der Waals surface area contributed by atoms with E-state index < -0.39 is 28.5 Å². The standard InChI is InChI=1S/C36H38BrN3O6S/c1-3-26(2)38-36(42)32(22-27-10-6-4-7-11-27)39(24-28-14-16-29(37)17-15-28)35(41)25-40(47(43,44)31-12-8-5-9-13-31)30-18-19-33-34(23-30)46-21-20-45-33/h4-19,23,26,32H,3,20-22,24-25H2,1-2H3,(H,38,42)/t26-,32-/m1/s1. The molecule has 1 aliphatic rings. The zero-order valence-electron chi connectivity index (χ0n) is 26.3. The summed E-state index contributed by atoms with van der Waals surface area (Å²) in [5, 5.41) is 3.05. The molecule has 47 heavy (non-hydrogen) atoms. The lowest BCUT2D eigenvalue weighted by Gasteiger charge is -2.34. The van der Waals surface area contributed by atoms with Crippen molar-refractivity contribution in [3.05, 3.63) is 119 Å². The fraction of sp³-hybridized carbons (Fsp3) is 0.278. The molecule has 11 heteroatoms. The minimum Gasteiger partial charge on any atom is -0.486 e. The Morgan fingerprint density at radius 3 is 2.15 bits per heavy atom. The molecule has 0 aromatic heterocycles. The monoisotopic (exact) mass is 719 g/mol. The molecule has 0 aliphatic carbocycles. The van der Waals surface area contributed by atoms with E-state index in [2.05, 4.69) is 21.2 Å². The van der Waals surface area contributed by atoms with Gasteiger partial charge < -0.3 is 19.7 Å². The molecular formula is C36H38BrN3O6S. The van der Waals surface area contributed by atoms with Gasteiger partial charge >= 0.3 is 0 Å². The number of halogens is 1. The third-order valence-corrected chi connectivity index (χ3v) is 10.3. The van der Waals surface area contributed by atoms with Crippen LogP contribution in [0.5, 0.6) is 11.5 Å². The lowest BCUT2D eigenvalue weighted by molar-refractivity contribution is -0.140. The zero-order valence-corrected chi connectivity index (χ0v) is 28.7. The number of nitrogens with one attached hydrogen (secondary N) is 1. The van der Waals surface area contributed by atoms with Crippen molar-refractivity contribution in [1.29, 1.82) is 0 Å². The first-order valence-electron chi connectivity index (χ1n) is 15.5. The van der Waals surface area contributed by atoms with Crippen LogP contribution in [-0.4, -0.2) is 57.0 Å². The third kappa shape index (κ3) is 8.52. The highest BCUT2D eigenvalue weighted by molar-refractivity contribution is 9.10. The van der Waals surface area contributed by atoms with Gasteiger partial charge in [-0.15, -0.1) is 0 Å². The third-order valence-electron chi connectivity index (χ3n) is 7.96. The van der Waals surface area contributed by atoms with Gasteiger partial charge in [0.05, 0.1) is 10.6 Å². The van der Waals surface area contributed by atoms with E-state index in [1.807, 2.05) is 68.4 Å². The van der Waals surface area contributed by atoms with E-state index in [1.165, 1.54) is 17.0 Å². The number of nitrogens with zero attached hydrogens (tertiary/aromatic N) is 2. The summed E-state index contributed by atoms with van der Waals surface area (Å²) in [4.78, 5) is 30.1. The van der Waals surface area contributed by atoms with E-state index in [9.17, 15) is 18.0 Å². The maximum absolute atomic E-state index is 14.6. The van der Waals surface area contributed by atoms with Gasteiger partial charge in [-0.25, -0.2) is 8.42 Å². The Bertz CT molecular complexity index is 1770. The first-order valence-corrected chi connectivity index (χ1v) is 17.7. The van der Waals surface area contributed by atoms with Crippen LogP contribution in [-0.2, 0) is 32.6 Å². The zero-order chi connectivity index (χ0) is 33.4. The minimum atomic E-state index is -4.23. The van der Waals surface area contributed by atoms with Gasteiger partial charge in [-0.1, -0.05) is 83.5 Å². The molecule has 0 unspecified atom stereocenters. The molecule has 246 valence electrons. The maximum atomic E-state index is 14.6. The Morgan fingerprint density at radius 1 is 0.851 bits per heavy atom. The number of carbonyl (C=O) groups excluding carboxylic acids is 2. The summed E-state index contributed by atoms with van der Waals surface area (Å²) in [6.07, 6.45) is 0.943. The van der Waals surface area contributed by atoms with Gasteiger partial charge in [0.2, 0.25) is 11.8 Å². The molecule has 0 saturated carbocycles. The Kier molecular flexibility index (Phi) is 11.2. The minimum absolute atomic E-state index is 0.0255. The van der Waals surface area contributed by atoms with Crippen LogP contribution in [0.15, 0.2) is 112 Å². The van der Waals surface area contributed by atoms with E-state index in [0.29, 0.717) is 31.1 Å². The summed E-state index contributed by atoms with van der Waals surface area (Å²) in [5.74, 6) is 0.0222. The molecule has 0 saturated heterocycles. The normalized spacial score (nSPS) is 13.7. The number of ether oxygens (including phenoxy) is 2. The number of sulfonamides is 1. The maximum Gasteiger partial charge on any atom is 0.264 e. The smallest absolute Gasteiger partial charge is 0.264 e. The fourth-order valence-electron chi connectivity index (χ4n) is 5.22. The van der Waals surface area contributed by atoms with E-state index in [4.69, 9.17) is 9.47 Å². The molecule has 1 N–H and O–H groups in total. The van der Waals surface area contributed by atoms with Crippen LogP contribution >= 0.6 is 15.9 Å². The number of hydrogen-bond acceptors (Lipinski definition) is 6. The molecule has 9 nitrogen and oxygen atoms in total. The molecular weight excluding hydrogens is 682 g/mol. The van der Waals surface area contributed by atoms with Crippen LogP contribution in [0.4, 0.5) is 5.69 Å². The van der Waals surface area contributed by atoms with Crippen LogP contribution in [0.1, 0.15) is 31.4 Å². The Hall–Kier alpha value is -4.35. The van der Waals surface area contributed by atoms with Crippen molar-refractivity contribution in [1.82, 2.24) is 10.2 Å². The second-order valence-electron chi connectivity index (χ2n) is 11.3. The summed E-state index contributed by atoms with van der Waals surface area (Å²) < 4.78 is 41.8. The number of hydrogen-bond donors (Lipinski definition) is 1. The topological polar surface area (TPSA) is 105 Å². The van der Waals surface area contributed by atoms with Gasteiger partial charge in [0.15, 0.2) is 11.5 Å². The summed E-state index contributed by atoms with van der Waals surface area (Å²) >= 11 is 3.46. The number of anilines is 1. The van der Waals surface area contributed by atoms with Crippen molar-refractivity contribution >= 4 is 43.5 Å². The molecule has 2 atom stereocenters. The molecule has 1 aliphatic heterocycles. The van der Waals surface area contributed by atoms with Gasteiger partial charge in [0.25, 0.3) is 10.0 Å². The SMILES string of the molecule is CC[C@@H](C)NC(=O)[C@@H](Cc1ccccc1)N(Cc1ccc(Br)cc1)C(=O)CN(c1ccc2c(c1)OCCO2)S(=O)(=O)c1ccccc1. The lowest BCUT2D eigenvalue weighted by atomic mass is 10.0. The summed E-state index contributed by atoms with van der Waals surface area (Å²) in [6.45, 7) is 4.10. The average Bonchev–Trinajstić information content (AvgIpc) is 3.09. The Balaban J connectivity index is 1.58. The van der Waals surface area contributed by atoms with E-state index in [0.717, 1.165) is 19.9 Å². The van der Waals surface area contributed by atoms with Gasteiger partial charge in [-0.05, 0) is 60.9 Å². The van der Waals surface area contributed by atoms with Crippen LogP contribution in [0, 0.1) is 0 Å². The second-order valence-corrected chi connectivity index (χ2v) is 14.1. The highest BCUT2D eigenvalue weighted by atomic mass is 79.9. The van der Waals surface area contributed by atoms with Gasteiger partial charge in [0, 0.05) is 29.5 Å². The first kappa shape index (κ1) is 34.0. The molecule has 0 radical (unpaired) electrons. The molecule has 4 aromatic carbocycles. The molecule has 2 amide bonds. The van der Waals surface area contributed by atoms with Crippen molar-refractivity contribution < 1.29 is 27.5 Å². The Labute approximate surface area is 284 Å².